The topological polar surface area (TPSA) is 136 Å². The standard InChI is InChI=1S/C11H17N3O5S/c1-2-4-8(15)7-13-9-5-3-6-10(20(12,18)19)11(9)14(16)17/h3,5-6,8,13,15H,2,4,7H2,1H3,(H2,12,18,19). The highest BCUT2D eigenvalue weighted by Gasteiger charge is 2.26. The van der Waals surface area contributed by atoms with Crippen molar-refractivity contribution in [1.29, 1.82) is 0 Å². The van der Waals surface area contributed by atoms with Crippen molar-refractivity contribution in [2.45, 2.75) is 30.8 Å². The highest BCUT2D eigenvalue weighted by Crippen LogP contribution is 2.31. The molecule has 1 atom stereocenters. The number of benzene rings is 1. The number of anilines is 1. The summed E-state index contributed by atoms with van der Waals surface area (Å²) in [5, 5.41) is 28.3. The summed E-state index contributed by atoms with van der Waals surface area (Å²) in [6.07, 6.45) is 0.635. The summed E-state index contributed by atoms with van der Waals surface area (Å²) in [5.41, 5.74) is -0.602. The predicted molar refractivity (Wildman–Crippen MR) is 73.9 cm³/mol. The molecule has 0 radical (unpaired) electrons. The lowest BCUT2D eigenvalue weighted by atomic mass is 10.2. The van der Waals surface area contributed by atoms with Crippen LogP contribution in [0.3, 0.4) is 0 Å². The molecule has 1 unspecified atom stereocenters. The van der Waals surface area contributed by atoms with Crippen molar-refractivity contribution >= 4 is 21.4 Å². The molecule has 8 nitrogen and oxygen atoms in total. The SMILES string of the molecule is CCCC(O)CNc1cccc(S(N)(=O)=O)c1[N+](=O)[O-]. The molecule has 0 aliphatic rings. The van der Waals surface area contributed by atoms with Crippen LogP contribution in [-0.4, -0.2) is 31.1 Å². The van der Waals surface area contributed by atoms with E-state index in [2.05, 4.69) is 5.32 Å². The Hall–Kier alpha value is -1.71. The van der Waals surface area contributed by atoms with Crippen molar-refractivity contribution < 1.29 is 18.4 Å². The Morgan fingerprint density at radius 1 is 1.50 bits per heavy atom. The predicted octanol–water partition coefficient (Wildman–Crippen LogP) is 0.815. The van der Waals surface area contributed by atoms with E-state index in [1.54, 1.807) is 0 Å². The first-order valence-electron chi connectivity index (χ1n) is 5.99. The van der Waals surface area contributed by atoms with Gasteiger partial charge in [0, 0.05) is 6.54 Å². The molecule has 0 heterocycles. The summed E-state index contributed by atoms with van der Waals surface area (Å²) in [4.78, 5) is 9.67. The van der Waals surface area contributed by atoms with Crippen molar-refractivity contribution in [2.24, 2.45) is 5.14 Å². The Balaban J connectivity index is 3.11. The van der Waals surface area contributed by atoms with E-state index in [9.17, 15) is 23.6 Å². The van der Waals surface area contributed by atoms with Crippen LogP contribution in [0.15, 0.2) is 23.1 Å². The minimum Gasteiger partial charge on any atom is -0.391 e. The number of nitro groups is 1. The van der Waals surface area contributed by atoms with E-state index < -0.39 is 31.6 Å². The molecule has 1 aromatic rings. The van der Waals surface area contributed by atoms with Crippen LogP contribution in [-0.2, 0) is 10.0 Å². The summed E-state index contributed by atoms with van der Waals surface area (Å²) < 4.78 is 22.7. The maximum atomic E-state index is 11.3. The zero-order valence-electron chi connectivity index (χ0n) is 10.9. The van der Waals surface area contributed by atoms with Crippen molar-refractivity contribution in [1.82, 2.24) is 0 Å². The Kier molecular flexibility index (Phi) is 5.43. The fourth-order valence-corrected chi connectivity index (χ4v) is 2.47. The molecule has 0 saturated carbocycles. The molecule has 0 fully saturated rings. The fraction of sp³-hybridized carbons (Fsp3) is 0.455. The van der Waals surface area contributed by atoms with E-state index >= 15 is 0 Å². The second-order valence-corrected chi connectivity index (χ2v) is 5.81. The Morgan fingerprint density at radius 2 is 2.15 bits per heavy atom. The summed E-state index contributed by atoms with van der Waals surface area (Å²) in [5.74, 6) is 0. The molecule has 0 bridgehead atoms. The molecule has 112 valence electrons. The number of nitrogens with zero attached hydrogens (tertiary/aromatic N) is 1. The fourth-order valence-electron chi connectivity index (χ4n) is 1.75. The minimum atomic E-state index is -4.19. The van der Waals surface area contributed by atoms with Crippen molar-refractivity contribution in [3.05, 3.63) is 28.3 Å². The van der Waals surface area contributed by atoms with E-state index in [0.29, 0.717) is 6.42 Å². The number of hydrogen-bond acceptors (Lipinski definition) is 6. The molecular formula is C11H17N3O5S. The summed E-state index contributed by atoms with van der Waals surface area (Å²) >= 11 is 0. The molecule has 0 aliphatic carbocycles. The highest BCUT2D eigenvalue weighted by atomic mass is 32.2. The first-order chi connectivity index (χ1) is 9.27. The van der Waals surface area contributed by atoms with Crippen LogP contribution >= 0.6 is 0 Å². The largest absolute Gasteiger partial charge is 0.391 e. The van der Waals surface area contributed by atoms with Crippen LogP contribution in [0.2, 0.25) is 0 Å². The molecule has 0 spiro atoms. The normalized spacial score (nSPS) is 12.9. The third kappa shape index (κ3) is 4.15. The first kappa shape index (κ1) is 16.3. The molecule has 9 heteroatoms. The Morgan fingerprint density at radius 3 is 2.65 bits per heavy atom. The number of hydrogen-bond donors (Lipinski definition) is 3. The quantitative estimate of drug-likeness (QED) is 0.504. The molecule has 0 aliphatic heterocycles. The average molecular weight is 303 g/mol. The van der Waals surface area contributed by atoms with E-state index in [0.717, 1.165) is 12.5 Å². The van der Waals surface area contributed by atoms with Crippen molar-refractivity contribution in [3.8, 4) is 0 Å². The van der Waals surface area contributed by atoms with Crippen LogP contribution < -0.4 is 10.5 Å². The van der Waals surface area contributed by atoms with Gasteiger partial charge < -0.3 is 10.4 Å². The summed E-state index contributed by atoms with van der Waals surface area (Å²) in [7, 11) is -4.19. The van der Waals surface area contributed by atoms with Gasteiger partial charge in [-0.3, -0.25) is 10.1 Å². The lowest BCUT2D eigenvalue weighted by Crippen LogP contribution is -2.20. The highest BCUT2D eigenvalue weighted by molar-refractivity contribution is 7.89. The van der Waals surface area contributed by atoms with Gasteiger partial charge in [0.25, 0.3) is 0 Å². The number of sulfonamides is 1. The number of rotatable bonds is 7. The van der Waals surface area contributed by atoms with Crippen LogP contribution in [0.5, 0.6) is 0 Å². The van der Waals surface area contributed by atoms with Crippen LogP contribution in [0.4, 0.5) is 11.4 Å². The maximum absolute atomic E-state index is 11.3. The first-order valence-corrected chi connectivity index (χ1v) is 7.54. The third-order valence-corrected chi connectivity index (χ3v) is 3.58. The molecular weight excluding hydrogens is 286 g/mol. The zero-order chi connectivity index (χ0) is 15.3. The van der Waals surface area contributed by atoms with Gasteiger partial charge in [-0.15, -0.1) is 0 Å². The van der Waals surface area contributed by atoms with E-state index in [4.69, 9.17) is 5.14 Å². The molecule has 0 saturated heterocycles. The van der Waals surface area contributed by atoms with Crippen LogP contribution in [0, 0.1) is 10.1 Å². The Labute approximate surface area is 116 Å². The number of primary sulfonamides is 1. The number of para-hydroxylation sites is 1. The van der Waals surface area contributed by atoms with Crippen molar-refractivity contribution in [2.75, 3.05) is 11.9 Å². The average Bonchev–Trinajstić information content (AvgIpc) is 2.35. The van der Waals surface area contributed by atoms with Gasteiger partial charge in [0.2, 0.25) is 10.0 Å². The molecule has 0 amide bonds. The van der Waals surface area contributed by atoms with Gasteiger partial charge in [-0.05, 0) is 18.6 Å². The molecule has 0 aromatic heterocycles. The maximum Gasteiger partial charge on any atom is 0.312 e. The number of aliphatic hydroxyl groups is 1. The summed E-state index contributed by atoms with van der Waals surface area (Å²) in [6.45, 7) is 1.98. The lowest BCUT2D eigenvalue weighted by Gasteiger charge is -2.13. The summed E-state index contributed by atoms with van der Waals surface area (Å²) in [6, 6.07) is 3.79. The van der Waals surface area contributed by atoms with Gasteiger partial charge >= 0.3 is 5.69 Å². The van der Waals surface area contributed by atoms with E-state index in [1.165, 1.54) is 12.1 Å². The smallest absolute Gasteiger partial charge is 0.312 e. The monoisotopic (exact) mass is 303 g/mol. The van der Waals surface area contributed by atoms with Crippen LogP contribution in [0.1, 0.15) is 19.8 Å². The number of aliphatic hydroxyl groups excluding tert-OH is 1. The van der Waals surface area contributed by atoms with Gasteiger partial charge in [-0.1, -0.05) is 19.4 Å². The molecule has 1 rings (SSSR count). The molecule has 20 heavy (non-hydrogen) atoms. The minimum absolute atomic E-state index is 0.0108. The zero-order valence-corrected chi connectivity index (χ0v) is 11.8. The molecule has 4 N–H and O–H groups in total. The van der Waals surface area contributed by atoms with Gasteiger partial charge in [0.1, 0.15) is 5.69 Å². The molecule has 1 aromatic carbocycles. The van der Waals surface area contributed by atoms with Gasteiger partial charge in [0.05, 0.1) is 11.0 Å². The Bertz CT molecular complexity index is 588. The van der Waals surface area contributed by atoms with E-state index in [-0.39, 0.29) is 12.2 Å². The van der Waals surface area contributed by atoms with Crippen molar-refractivity contribution in [3.63, 3.8) is 0 Å². The number of nitro benzene ring substituents is 1. The number of nitrogens with two attached hydrogens (primary N) is 1. The van der Waals surface area contributed by atoms with Crippen LogP contribution in [0.25, 0.3) is 0 Å². The second kappa shape index (κ2) is 6.64. The second-order valence-electron chi connectivity index (χ2n) is 4.28. The third-order valence-electron chi connectivity index (χ3n) is 2.64. The van der Waals surface area contributed by atoms with E-state index in [1.807, 2.05) is 6.92 Å². The van der Waals surface area contributed by atoms with Gasteiger partial charge in [-0.25, -0.2) is 13.6 Å². The number of nitrogens with one attached hydrogen (secondary N) is 1. The van der Waals surface area contributed by atoms with Gasteiger partial charge in [0.15, 0.2) is 4.90 Å². The lowest BCUT2D eigenvalue weighted by molar-refractivity contribution is -0.386. The van der Waals surface area contributed by atoms with Gasteiger partial charge in [-0.2, -0.15) is 0 Å².